The molecule has 1 heterocycles. The van der Waals surface area contributed by atoms with Crippen LogP contribution in [0, 0.1) is 17.8 Å². The van der Waals surface area contributed by atoms with Crippen molar-refractivity contribution in [1.29, 1.82) is 0 Å². The van der Waals surface area contributed by atoms with E-state index in [1.807, 2.05) is 0 Å². The first-order valence-electron chi connectivity index (χ1n) is 8.71. The fourth-order valence-electron chi connectivity index (χ4n) is 4.17. The van der Waals surface area contributed by atoms with E-state index >= 15 is 0 Å². The van der Waals surface area contributed by atoms with Crippen molar-refractivity contribution in [3.63, 3.8) is 0 Å². The molecule has 1 nitrogen and oxygen atoms in total. The maximum Gasteiger partial charge on any atom is 0.0138 e. The Morgan fingerprint density at radius 2 is 2.05 bits per heavy atom. The van der Waals surface area contributed by atoms with Crippen LogP contribution >= 0.6 is 11.8 Å². The highest BCUT2D eigenvalue weighted by molar-refractivity contribution is 8.00. The summed E-state index contributed by atoms with van der Waals surface area (Å²) in [5.41, 5.74) is 1.58. The summed E-state index contributed by atoms with van der Waals surface area (Å²) in [6, 6.07) is 9.00. The van der Waals surface area contributed by atoms with Gasteiger partial charge in [-0.05, 0) is 68.2 Å². The van der Waals surface area contributed by atoms with Gasteiger partial charge in [0.1, 0.15) is 0 Å². The van der Waals surface area contributed by atoms with Gasteiger partial charge in [-0.15, -0.1) is 11.8 Å². The zero-order valence-electron chi connectivity index (χ0n) is 13.5. The topological polar surface area (TPSA) is 12.0 Å². The molecule has 4 unspecified atom stereocenters. The van der Waals surface area contributed by atoms with Gasteiger partial charge in [0, 0.05) is 10.1 Å². The Bertz CT molecular complexity index is 432. The highest BCUT2D eigenvalue weighted by Crippen LogP contribution is 2.44. The van der Waals surface area contributed by atoms with E-state index in [-0.39, 0.29) is 0 Å². The second-order valence-corrected chi connectivity index (χ2v) is 8.38. The van der Waals surface area contributed by atoms with Crippen LogP contribution in [-0.4, -0.2) is 18.3 Å². The number of rotatable bonds is 5. The first kappa shape index (κ1) is 15.4. The van der Waals surface area contributed by atoms with Gasteiger partial charge < -0.3 is 5.32 Å². The van der Waals surface area contributed by atoms with E-state index in [9.17, 15) is 0 Å². The molecule has 0 spiro atoms. The van der Waals surface area contributed by atoms with E-state index in [2.05, 4.69) is 55.2 Å². The van der Waals surface area contributed by atoms with Crippen LogP contribution in [-0.2, 0) is 6.42 Å². The fourth-order valence-corrected chi connectivity index (χ4v) is 5.60. The van der Waals surface area contributed by atoms with Gasteiger partial charge in [-0.3, -0.25) is 0 Å². The molecule has 3 rings (SSSR count). The molecule has 0 saturated heterocycles. The van der Waals surface area contributed by atoms with Gasteiger partial charge >= 0.3 is 0 Å². The minimum Gasteiger partial charge on any atom is -0.317 e. The van der Waals surface area contributed by atoms with Crippen molar-refractivity contribution in [3.05, 3.63) is 29.8 Å². The third kappa shape index (κ3) is 3.84. The highest BCUT2D eigenvalue weighted by atomic mass is 32.2. The van der Waals surface area contributed by atoms with Gasteiger partial charge in [0.05, 0.1) is 0 Å². The standard InChI is InChI=1S/C19H29NS/c1-3-20-13-16-9-8-14(2)10-17(16)12-18-11-15-6-4-5-7-19(15)21-18/h4-7,14,16-18,20H,3,8-13H2,1-2H3. The van der Waals surface area contributed by atoms with Crippen LogP contribution in [0.25, 0.3) is 0 Å². The molecule has 1 aliphatic heterocycles. The molecule has 4 atom stereocenters. The Balaban J connectivity index is 1.59. The van der Waals surface area contributed by atoms with Crippen LogP contribution in [0.15, 0.2) is 29.2 Å². The number of hydrogen-bond acceptors (Lipinski definition) is 2. The van der Waals surface area contributed by atoms with Crippen LogP contribution in [0.1, 0.15) is 45.1 Å². The molecule has 21 heavy (non-hydrogen) atoms. The maximum absolute atomic E-state index is 3.60. The zero-order chi connectivity index (χ0) is 14.7. The number of thioether (sulfide) groups is 1. The highest BCUT2D eigenvalue weighted by Gasteiger charge is 2.32. The average Bonchev–Trinajstić information content (AvgIpc) is 2.88. The predicted molar refractivity (Wildman–Crippen MR) is 92.9 cm³/mol. The number of hydrogen-bond donors (Lipinski definition) is 1. The van der Waals surface area contributed by atoms with Crippen molar-refractivity contribution in [1.82, 2.24) is 5.32 Å². The van der Waals surface area contributed by atoms with Crippen molar-refractivity contribution < 1.29 is 0 Å². The normalized spacial score (nSPS) is 32.1. The molecule has 1 fully saturated rings. The van der Waals surface area contributed by atoms with Crippen LogP contribution in [0.4, 0.5) is 0 Å². The first-order valence-corrected chi connectivity index (χ1v) is 9.59. The lowest BCUT2D eigenvalue weighted by Gasteiger charge is -2.36. The Labute approximate surface area is 134 Å². The fraction of sp³-hybridized carbons (Fsp3) is 0.684. The SMILES string of the molecule is CCNCC1CCC(C)CC1CC1Cc2ccccc2S1. The smallest absolute Gasteiger partial charge is 0.0138 e. The second-order valence-electron chi connectivity index (χ2n) is 7.03. The summed E-state index contributed by atoms with van der Waals surface area (Å²) in [6.07, 6.45) is 7.02. The predicted octanol–water partition coefficient (Wildman–Crippen LogP) is 4.76. The van der Waals surface area contributed by atoms with E-state index in [1.54, 1.807) is 5.56 Å². The monoisotopic (exact) mass is 303 g/mol. The summed E-state index contributed by atoms with van der Waals surface area (Å²) < 4.78 is 0. The van der Waals surface area contributed by atoms with E-state index < -0.39 is 0 Å². The minimum absolute atomic E-state index is 0.821. The molecule has 1 aromatic carbocycles. The summed E-state index contributed by atoms with van der Waals surface area (Å²) in [6.45, 7) is 7.03. The molecule has 1 aliphatic carbocycles. The van der Waals surface area contributed by atoms with Crippen molar-refractivity contribution in [2.24, 2.45) is 17.8 Å². The van der Waals surface area contributed by atoms with Crippen molar-refractivity contribution >= 4 is 11.8 Å². The third-order valence-corrected chi connectivity index (χ3v) is 6.68. The molecule has 1 N–H and O–H groups in total. The van der Waals surface area contributed by atoms with Crippen molar-refractivity contribution in [3.8, 4) is 0 Å². The minimum atomic E-state index is 0.821. The van der Waals surface area contributed by atoms with E-state index in [1.165, 1.54) is 43.5 Å². The van der Waals surface area contributed by atoms with Gasteiger partial charge in [-0.25, -0.2) is 0 Å². The van der Waals surface area contributed by atoms with E-state index in [0.717, 1.165) is 29.5 Å². The quantitative estimate of drug-likeness (QED) is 0.842. The van der Waals surface area contributed by atoms with Gasteiger partial charge in [-0.2, -0.15) is 0 Å². The van der Waals surface area contributed by atoms with Crippen molar-refractivity contribution in [2.75, 3.05) is 13.1 Å². The maximum atomic E-state index is 3.60. The van der Waals surface area contributed by atoms with Crippen LogP contribution in [0.5, 0.6) is 0 Å². The summed E-state index contributed by atoms with van der Waals surface area (Å²) >= 11 is 2.14. The van der Waals surface area contributed by atoms with E-state index in [0.29, 0.717) is 0 Å². The Morgan fingerprint density at radius 3 is 2.86 bits per heavy atom. The van der Waals surface area contributed by atoms with Crippen LogP contribution in [0.3, 0.4) is 0 Å². The van der Waals surface area contributed by atoms with Crippen molar-refractivity contribution in [2.45, 2.75) is 56.1 Å². The molecule has 1 saturated carbocycles. The first-order chi connectivity index (χ1) is 10.3. The molecule has 2 heteroatoms. The van der Waals surface area contributed by atoms with Gasteiger partial charge in [0.2, 0.25) is 0 Å². The Kier molecular flexibility index (Phi) is 5.29. The number of fused-ring (bicyclic) bond motifs is 1. The Hall–Kier alpha value is -0.470. The molecule has 1 aromatic rings. The molecule has 0 amide bonds. The molecule has 116 valence electrons. The van der Waals surface area contributed by atoms with Crippen LogP contribution < -0.4 is 5.32 Å². The second kappa shape index (κ2) is 7.19. The van der Waals surface area contributed by atoms with Crippen LogP contribution in [0.2, 0.25) is 0 Å². The van der Waals surface area contributed by atoms with Gasteiger partial charge in [-0.1, -0.05) is 38.5 Å². The summed E-state index contributed by atoms with van der Waals surface area (Å²) in [7, 11) is 0. The van der Waals surface area contributed by atoms with Gasteiger partial charge in [0.25, 0.3) is 0 Å². The molecule has 0 radical (unpaired) electrons. The molecule has 2 aliphatic rings. The lowest BCUT2D eigenvalue weighted by molar-refractivity contribution is 0.175. The summed E-state index contributed by atoms with van der Waals surface area (Å²) in [5.74, 6) is 2.77. The third-order valence-electron chi connectivity index (χ3n) is 5.34. The number of benzene rings is 1. The molecule has 0 bridgehead atoms. The van der Waals surface area contributed by atoms with Gasteiger partial charge in [0.15, 0.2) is 0 Å². The zero-order valence-corrected chi connectivity index (χ0v) is 14.3. The van der Waals surface area contributed by atoms with E-state index in [4.69, 9.17) is 0 Å². The average molecular weight is 304 g/mol. The summed E-state index contributed by atoms with van der Waals surface area (Å²) in [5, 5.41) is 4.42. The largest absolute Gasteiger partial charge is 0.317 e. The molecular weight excluding hydrogens is 274 g/mol. The lowest BCUT2D eigenvalue weighted by Crippen LogP contribution is -2.34. The molecular formula is C19H29NS. The summed E-state index contributed by atoms with van der Waals surface area (Å²) in [4.78, 5) is 1.54. The molecule has 0 aromatic heterocycles. The Morgan fingerprint density at radius 1 is 1.19 bits per heavy atom. The lowest BCUT2D eigenvalue weighted by atomic mass is 9.72. The number of nitrogens with one attached hydrogen (secondary N) is 1.